The summed E-state index contributed by atoms with van der Waals surface area (Å²) in [6.07, 6.45) is 2.05. The van der Waals surface area contributed by atoms with Crippen molar-refractivity contribution >= 4 is 45.2 Å². The van der Waals surface area contributed by atoms with Crippen molar-refractivity contribution in [2.45, 2.75) is 13.3 Å². The zero-order chi connectivity index (χ0) is 23.8. The standard InChI is InChI=1S/C26H22BrClN2O3/c1-3-33-21-10-8-20(9-11-21)30-26(31)19(16-29)12-17-13-24(28)22(25(14-17)32-2)15-18-6-4-5-7-23(18)27/h4-14H,3,15H2,1-2H3,(H,30,31)/b19-12+. The summed E-state index contributed by atoms with van der Waals surface area (Å²) in [5, 5.41) is 12.8. The van der Waals surface area contributed by atoms with E-state index in [0.717, 1.165) is 15.6 Å². The molecule has 0 spiro atoms. The number of hydrogen-bond donors (Lipinski definition) is 1. The first kappa shape index (κ1) is 24.4. The minimum atomic E-state index is -0.519. The molecule has 168 valence electrons. The Bertz CT molecular complexity index is 1220. The van der Waals surface area contributed by atoms with E-state index in [1.165, 1.54) is 6.08 Å². The molecule has 0 unspecified atom stereocenters. The summed E-state index contributed by atoms with van der Waals surface area (Å²) in [6.45, 7) is 2.45. The van der Waals surface area contributed by atoms with Crippen molar-refractivity contribution in [3.05, 3.63) is 92.4 Å². The molecule has 7 heteroatoms. The van der Waals surface area contributed by atoms with Gasteiger partial charge in [-0.05, 0) is 66.6 Å². The third-order valence-corrected chi connectivity index (χ3v) is 5.93. The number of carbonyl (C=O) groups excluding carboxylic acids is 1. The molecule has 0 saturated carbocycles. The monoisotopic (exact) mass is 524 g/mol. The average Bonchev–Trinajstić information content (AvgIpc) is 2.81. The summed E-state index contributed by atoms with van der Waals surface area (Å²) in [6, 6.07) is 20.3. The predicted octanol–water partition coefficient (Wildman–Crippen LogP) is 6.65. The largest absolute Gasteiger partial charge is 0.496 e. The molecule has 0 saturated heterocycles. The first-order chi connectivity index (χ1) is 15.9. The Morgan fingerprint density at radius 2 is 1.91 bits per heavy atom. The van der Waals surface area contributed by atoms with E-state index in [2.05, 4.69) is 21.2 Å². The summed E-state index contributed by atoms with van der Waals surface area (Å²) in [5.74, 6) is 0.763. The van der Waals surface area contributed by atoms with Gasteiger partial charge in [-0.2, -0.15) is 5.26 Å². The Labute approximate surface area is 206 Å². The number of anilines is 1. The molecule has 0 heterocycles. The molecule has 0 aliphatic heterocycles. The van der Waals surface area contributed by atoms with Gasteiger partial charge >= 0.3 is 0 Å². The normalized spacial score (nSPS) is 10.9. The van der Waals surface area contributed by atoms with Crippen molar-refractivity contribution in [3.8, 4) is 17.6 Å². The first-order valence-corrected chi connectivity index (χ1v) is 11.4. The van der Waals surface area contributed by atoms with E-state index in [-0.39, 0.29) is 5.57 Å². The van der Waals surface area contributed by atoms with Crippen LogP contribution in [0.2, 0.25) is 5.02 Å². The van der Waals surface area contributed by atoms with Crippen LogP contribution in [0.1, 0.15) is 23.6 Å². The van der Waals surface area contributed by atoms with Gasteiger partial charge in [0.2, 0.25) is 0 Å². The summed E-state index contributed by atoms with van der Waals surface area (Å²) in [4.78, 5) is 12.6. The van der Waals surface area contributed by atoms with Crippen LogP contribution in [0.3, 0.4) is 0 Å². The van der Waals surface area contributed by atoms with E-state index >= 15 is 0 Å². The van der Waals surface area contributed by atoms with E-state index in [0.29, 0.717) is 40.8 Å². The fraction of sp³-hybridized carbons (Fsp3) is 0.154. The Morgan fingerprint density at radius 1 is 1.18 bits per heavy atom. The van der Waals surface area contributed by atoms with Gasteiger partial charge in [-0.15, -0.1) is 0 Å². The van der Waals surface area contributed by atoms with Crippen LogP contribution in [0.15, 0.2) is 70.7 Å². The molecule has 0 fully saturated rings. The maximum atomic E-state index is 12.6. The number of benzene rings is 3. The summed E-state index contributed by atoms with van der Waals surface area (Å²) in [5.41, 5.74) is 2.98. The Hall–Kier alpha value is -3.27. The highest BCUT2D eigenvalue weighted by Crippen LogP contribution is 2.33. The number of ether oxygens (including phenoxy) is 2. The van der Waals surface area contributed by atoms with Crippen LogP contribution < -0.4 is 14.8 Å². The van der Waals surface area contributed by atoms with E-state index in [9.17, 15) is 10.1 Å². The van der Waals surface area contributed by atoms with Gasteiger partial charge in [-0.3, -0.25) is 4.79 Å². The summed E-state index contributed by atoms with van der Waals surface area (Å²) in [7, 11) is 1.56. The van der Waals surface area contributed by atoms with Crippen LogP contribution in [0.25, 0.3) is 6.08 Å². The third-order valence-electron chi connectivity index (χ3n) is 4.82. The topological polar surface area (TPSA) is 71.3 Å². The van der Waals surface area contributed by atoms with Crippen LogP contribution in [-0.4, -0.2) is 19.6 Å². The van der Waals surface area contributed by atoms with Gasteiger partial charge in [-0.25, -0.2) is 0 Å². The maximum absolute atomic E-state index is 12.6. The van der Waals surface area contributed by atoms with Gasteiger partial charge in [0.05, 0.1) is 13.7 Å². The zero-order valence-electron chi connectivity index (χ0n) is 18.2. The molecule has 0 aromatic heterocycles. The molecule has 3 aromatic carbocycles. The van der Waals surface area contributed by atoms with Crippen molar-refractivity contribution < 1.29 is 14.3 Å². The molecular weight excluding hydrogens is 504 g/mol. The molecular formula is C26H22BrClN2O3. The van der Waals surface area contributed by atoms with E-state index in [4.69, 9.17) is 21.1 Å². The van der Waals surface area contributed by atoms with E-state index in [1.807, 2.05) is 37.3 Å². The highest BCUT2D eigenvalue weighted by Gasteiger charge is 2.15. The number of nitrogens with one attached hydrogen (secondary N) is 1. The molecule has 1 amide bonds. The minimum Gasteiger partial charge on any atom is -0.496 e. The van der Waals surface area contributed by atoms with Gasteiger partial charge in [-0.1, -0.05) is 45.7 Å². The Kier molecular flexibility index (Phi) is 8.53. The van der Waals surface area contributed by atoms with Crippen molar-refractivity contribution in [1.29, 1.82) is 5.26 Å². The third kappa shape index (κ3) is 6.38. The smallest absolute Gasteiger partial charge is 0.266 e. The van der Waals surface area contributed by atoms with E-state index < -0.39 is 5.91 Å². The fourth-order valence-electron chi connectivity index (χ4n) is 3.22. The van der Waals surface area contributed by atoms with Gasteiger partial charge in [0.25, 0.3) is 5.91 Å². The van der Waals surface area contributed by atoms with Crippen LogP contribution >= 0.6 is 27.5 Å². The minimum absolute atomic E-state index is 0.0550. The van der Waals surface area contributed by atoms with Crippen molar-refractivity contribution in [3.63, 3.8) is 0 Å². The van der Waals surface area contributed by atoms with Gasteiger partial charge < -0.3 is 14.8 Å². The van der Waals surface area contributed by atoms with Crippen molar-refractivity contribution in [1.82, 2.24) is 0 Å². The van der Waals surface area contributed by atoms with Gasteiger partial charge in [0, 0.05) is 27.2 Å². The molecule has 3 aromatic rings. The number of rotatable bonds is 8. The lowest BCUT2D eigenvalue weighted by atomic mass is 10.0. The molecule has 1 N–H and O–H groups in total. The fourth-order valence-corrected chi connectivity index (χ4v) is 3.93. The molecule has 3 rings (SSSR count). The summed E-state index contributed by atoms with van der Waals surface area (Å²) >= 11 is 10.1. The second-order valence-corrected chi connectivity index (χ2v) is 8.29. The highest BCUT2D eigenvalue weighted by atomic mass is 79.9. The molecule has 5 nitrogen and oxygen atoms in total. The first-order valence-electron chi connectivity index (χ1n) is 10.2. The number of nitriles is 1. The number of carbonyl (C=O) groups is 1. The predicted molar refractivity (Wildman–Crippen MR) is 135 cm³/mol. The lowest BCUT2D eigenvalue weighted by Crippen LogP contribution is -2.13. The van der Waals surface area contributed by atoms with Gasteiger partial charge in [0.15, 0.2) is 0 Å². The Balaban J connectivity index is 1.84. The van der Waals surface area contributed by atoms with Crippen LogP contribution in [0, 0.1) is 11.3 Å². The number of methoxy groups -OCH3 is 1. The summed E-state index contributed by atoms with van der Waals surface area (Å²) < 4.78 is 11.9. The van der Waals surface area contributed by atoms with Crippen LogP contribution in [0.4, 0.5) is 5.69 Å². The Morgan fingerprint density at radius 3 is 2.55 bits per heavy atom. The van der Waals surface area contributed by atoms with Gasteiger partial charge in [0.1, 0.15) is 23.1 Å². The molecule has 0 aliphatic carbocycles. The number of amides is 1. The molecule has 33 heavy (non-hydrogen) atoms. The number of hydrogen-bond acceptors (Lipinski definition) is 4. The quantitative estimate of drug-likeness (QED) is 0.264. The average molecular weight is 526 g/mol. The second kappa shape index (κ2) is 11.6. The molecule has 0 radical (unpaired) electrons. The zero-order valence-corrected chi connectivity index (χ0v) is 20.5. The van der Waals surface area contributed by atoms with Crippen LogP contribution in [0.5, 0.6) is 11.5 Å². The van der Waals surface area contributed by atoms with Crippen LogP contribution in [-0.2, 0) is 11.2 Å². The maximum Gasteiger partial charge on any atom is 0.266 e. The SMILES string of the molecule is CCOc1ccc(NC(=O)/C(C#N)=C/c2cc(Cl)c(Cc3ccccc3Br)c(OC)c2)cc1. The molecule has 0 aliphatic rings. The second-order valence-electron chi connectivity index (χ2n) is 7.03. The number of nitrogens with zero attached hydrogens (tertiary/aromatic N) is 1. The number of halogens is 2. The molecule has 0 bridgehead atoms. The van der Waals surface area contributed by atoms with Crippen molar-refractivity contribution in [2.24, 2.45) is 0 Å². The lowest BCUT2D eigenvalue weighted by molar-refractivity contribution is -0.112. The van der Waals surface area contributed by atoms with Crippen molar-refractivity contribution in [2.75, 3.05) is 19.0 Å². The highest BCUT2D eigenvalue weighted by molar-refractivity contribution is 9.10. The van der Waals surface area contributed by atoms with E-state index in [1.54, 1.807) is 43.5 Å². The molecule has 0 atom stereocenters. The lowest BCUT2D eigenvalue weighted by Gasteiger charge is -2.13.